The molecule has 0 amide bonds. The largest absolute Gasteiger partial charge is 0.465 e. The average Bonchev–Trinajstić information content (AvgIpc) is 2.93. The topological polar surface area (TPSA) is 18.5 Å². The fraction of sp³-hybridized carbons (Fsp3) is 0.684. The molecule has 2 nitrogen and oxygen atoms in total. The normalized spacial score (nSPS) is 31.3. The SMILES string of the molecule is CCc1ccc(OC(OC)C2CC3CCC2C3(C)C)cc1. The van der Waals surface area contributed by atoms with E-state index in [4.69, 9.17) is 9.47 Å². The van der Waals surface area contributed by atoms with Gasteiger partial charge >= 0.3 is 0 Å². The molecule has 1 aromatic carbocycles. The lowest BCUT2D eigenvalue weighted by molar-refractivity contribution is -0.109. The van der Waals surface area contributed by atoms with E-state index >= 15 is 0 Å². The van der Waals surface area contributed by atoms with Gasteiger partial charge in [0.15, 0.2) is 0 Å². The van der Waals surface area contributed by atoms with Crippen LogP contribution in [0.4, 0.5) is 0 Å². The second kappa shape index (κ2) is 5.64. The highest BCUT2D eigenvalue weighted by Crippen LogP contribution is 2.61. The average molecular weight is 288 g/mol. The molecule has 4 atom stereocenters. The molecule has 2 aliphatic carbocycles. The molecular weight excluding hydrogens is 260 g/mol. The van der Waals surface area contributed by atoms with Crippen LogP contribution in [0.3, 0.4) is 0 Å². The molecule has 21 heavy (non-hydrogen) atoms. The van der Waals surface area contributed by atoms with Gasteiger partial charge < -0.3 is 9.47 Å². The number of methoxy groups -OCH3 is 1. The first kappa shape index (κ1) is 14.9. The fourth-order valence-corrected chi connectivity index (χ4v) is 4.66. The summed E-state index contributed by atoms with van der Waals surface area (Å²) in [5.74, 6) is 3.05. The maximum absolute atomic E-state index is 6.17. The zero-order valence-corrected chi connectivity index (χ0v) is 13.8. The maximum atomic E-state index is 6.17. The first-order valence-electron chi connectivity index (χ1n) is 8.34. The van der Waals surface area contributed by atoms with Gasteiger partial charge in [-0.2, -0.15) is 0 Å². The third-order valence-electron chi connectivity index (χ3n) is 6.07. The summed E-state index contributed by atoms with van der Waals surface area (Å²) in [6.07, 6.45) is 4.93. The Kier molecular flexibility index (Phi) is 4.00. The third-order valence-corrected chi connectivity index (χ3v) is 6.07. The molecule has 0 N–H and O–H groups in total. The van der Waals surface area contributed by atoms with Crippen LogP contribution in [-0.2, 0) is 11.2 Å². The van der Waals surface area contributed by atoms with Crippen molar-refractivity contribution in [3.63, 3.8) is 0 Å². The minimum atomic E-state index is -0.105. The molecule has 0 saturated heterocycles. The van der Waals surface area contributed by atoms with Gasteiger partial charge in [0.25, 0.3) is 0 Å². The van der Waals surface area contributed by atoms with Crippen molar-refractivity contribution in [2.75, 3.05) is 7.11 Å². The third kappa shape index (κ3) is 2.59. The van der Waals surface area contributed by atoms with E-state index in [1.165, 1.54) is 24.8 Å². The molecule has 116 valence electrons. The molecule has 0 aromatic heterocycles. The quantitative estimate of drug-likeness (QED) is 0.733. The monoisotopic (exact) mass is 288 g/mol. The molecule has 0 radical (unpaired) electrons. The van der Waals surface area contributed by atoms with Gasteiger partial charge in [0.2, 0.25) is 6.29 Å². The van der Waals surface area contributed by atoms with Crippen molar-refractivity contribution in [1.82, 2.24) is 0 Å². The predicted molar refractivity (Wildman–Crippen MR) is 85.3 cm³/mol. The lowest BCUT2D eigenvalue weighted by Gasteiger charge is -2.31. The van der Waals surface area contributed by atoms with Crippen LogP contribution in [0, 0.1) is 23.2 Å². The highest BCUT2D eigenvalue weighted by Gasteiger charge is 2.55. The van der Waals surface area contributed by atoms with Gasteiger partial charge in [0.05, 0.1) is 0 Å². The number of fused-ring (bicyclic) bond motifs is 2. The fourth-order valence-electron chi connectivity index (χ4n) is 4.66. The molecule has 3 rings (SSSR count). The standard InChI is InChI=1S/C19H28O2/c1-5-13-6-9-15(10-7-13)21-18(20-4)16-12-14-8-11-17(16)19(14,2)3/h6-7,9-10,14,16-18H,5,8,11-12H2,1-4H3. The van der Waals surface area contributed by atoms with Crippen LogP contribution in [0.15, 0.2) is 24.3 Å². The van der Waals surface area contributed by atoms with Crippen LogP contribution < -0.4 is 4.74 Å². The van der Waals surface area contributed by atoms with Gasteiger partial charge in [-0.05, 0) is 60.6 Å². The molecule has 0 aliphatic heterocycles. The van der Waals surface area contributed by atoms with Gasteiger partial charge in [-0.15, -0.1) is 0 Å². The highest BCUT2D eigenvalue weighted by molar-refractivity contribution is 5.27. The van der Waals surface area contributed by atoms with Gasteiger partial charge in [-0.25, -0.2) is 0 Å². The van der Waals surface area contributed by atoms with Gasteiger partial charge in [0.1, 0.15) is 5.75 Å². The van der Waals surface area contributed by atoms with Crippen LogP contribution in [0.5, 0.6) is 5.75 Å². The number of benzene rings is 1. The van der Waals surface area contributed by atoms with Gasteiger partial charge in [-0.3, -0.25) is 0 Å². The zero-order chi connectivity index (χ0) is 15.0. The summed E-state index contributed by atoms with van der Waals surface area (Å²) >= 11 is 0. The van der Waals surface area contributed by atoms with E-state index in [0.29, 0.717) is 11.3 Å². The van der Waals surface area contributed by atoms with E-state index in [2.05, 4.69) is 45.0 Å². The molecule has 2 aliphatic rings. The Morgan fingerprint density at radius 2 is 1.90 bits per heavy atom. The molecular formula is C19H28O2. The summed E-state index contributed by atoms with van der Waals surface area (Å²) in [7, 11) is 1.78. The van der Waals surface area contributed by atoms with Crippen molar-refractivity contribution >= 4 is 0 Å². The molecule has 2 saturated carbocycles. The van der Waals surface area contributed by atoms with Crippen molar-refractivity contribution in [2.45, 2.75) is 52.7 Å². The Labute approximate surface area is 128 Å². The maximum Gasteiger partial charge on any atom is 0.202 e. The van der Waals surface area contributed by atoms with Crippen molar-refractivity contribution in [2.24, 2.45) is 23.2 Å². The summed E-state index contributed by atoms with van der Waals surface area (Å²) in [6.45, 7) is 7.03. The van der Waals surface area contributed by atoms with E-state index in [0.717, 1.165) is 24.0 Å². The van der Waals surface area contributed by atoms with E-state index in [-0.39, 0.29) is 6.29 Å². The summed E-state index contributed by atoms with van der Waals surface area (Å²) in [5, 5.41) is 0. The van der Waals surface area contributed by atoms with Crippen molar-refractivity contribution in [3.8, 4) is 5.75 Å². The summed E-state index contributed by atoms with van der Waals surface area (Å²) in [5.41, 5.74) is 1.80. The van der Waals surface area contributed by atoms with E-state index in [1.807, 2.05) is 0 Å². The summed E-state index contributed by atoms with van der Waals surface area (Å²) < 4.78 is 11.9. The Morgan fingerprint density at radius 3 is 2.38 bits per heavy atom. The number of ether oxygens (including phenoxy) is 2. The Balaban J connectivity index is 1.71. The van der Waals surface area contributed by atoms with Crippen LogP contribution in [0.2, 0.25) is 0 Å². The Hall–Kier alpha value is -1.02. The first-order chi connectivity index (χ1) is 10.1. The molecule has 4 unspecified atom stereocenters. The van der Waals surface area contributed by atoms with E-state index in [1.54, 1.807) is 7.11 Å². The van der Waals surface area contributed by atoms with Crippen LogP contribution in [0.25, 0.3) is 0 Å². The van der Waals surface area contributed by atoms with Gasteiger partial charge in [-0.1, -0.05) is 32.9 Å². The van der Waals surface area contributed by atoms with Gasteiger partial charge in [0, 0.05) is 13.0 Å². The lowest BCUT2D eigenvalue weighted by Crippen LogP contribution is -2.34. The lowest BCUT2D eigenvalue weighted by atomic mass is 9.80. The predicted octanol–water partition coefficient (Wildman–Crippen LogP) is 4.67. The van der Waals surface area contributed by atoms with Crippen LogP contribution in [-0.4, -0.2) is 13.4 Å². The Morgan fingerprint density at radius 1 is 1.19 bits per heavy atom. The first-order valence-corrected chi connectivity index (χ1v) is 8.34. The molecule has 2 fully saturated rings. The minimum Gasteiger partial charge on any atom is -0.465 e. The molecule has 2 heteroatoms. The molecule has 2 bridgehead atoms. The smallest absolute Gasteiger partial charge is 0.202 e. The van der Waals surface area contributed by atoms with Crippen molar-refractivity contribution in [1.29, 1.82) is 0 Å². The van der Waals surface area contributed by atoms with Crippen LogP contribution >= 0.6 is 0 Å². The summed E-state index contributed by atoms with van der Waals surface area (Å²) in [6, 6.07) is 8.44. The van der Waals surface area contributed by atoms with Crippen LogP contribution in [0.1, 0.15) is 45.6 Å². The highest BCUT2D eigenvalue weighted by atomic mass is 16.7. The second-order valence-electron chi connectivity index (χ2n) is 7.32. The number of hydrogen-bond acceptors (Lipinski definition) is 2. The van der Waals surface area contributed by atoms with E-state index < -0.39 is 0 Å². The molecule has 1 aromatic rings. The minimum absolute atomic E-state index is 0.105. The molecule has 0 spiro atoms. The van der Waals surface area contributed by atoms with Crippen molar-refractivity contribution in [3.05, 3.63) is 29.8 Å². The molecule has 0 heterocycles. The number of hydrogen-bond donors (Lipinski definition) is 0. The van der Waals surface area contributed by atoms with E-state index in [9.17, 15) is 0 Å². The second-order valence-corrected chi connectivity index (χ2v) is 7.32. The number of rotatable bonds is 5. The van der Waals surface area contributed by atoms with Crippen molar-refractivity contribution < 1.29 is 9.47 Å². The number of aryl methyl sites for hydroxylation is 1. The Bertz CT molecular complexity index is 477. The zero-order valence-electron chi connectivity index (χ0n) is 13.8. The summed E-state index contributed by atoms with van der Waals surface area (Å²) in [4.78, 5) is 0.